The van der Waals surface area contributed by atoms with Gasteiger partial charge in [0, 0.05) is 17.8 Å². The third kappa shape index (κ3) is 3.02. The Labute approximate surface area is 156 Å². The van der Waals surface area contributed by atoms with E-state index in [4.69, 9.17) is 16.9 Å². The molecule has 3 amide bonds. The number of nitrogens with zero attached hydrogens (tertiary/aromatic N) is 4. The van der Waals surface area contributed by atoms with E-state index in [1.54, 1.807) is 43.5 Å². The average molecular weight is 369 g/mol. The van der Waals surface area contributed by atoms with Gasteiger partial charge in [0.25, 0.3) is 0 Å². The molecular weight excluding hydrogens is 352 g/mol. The van der Waals surface area contributed by atoms with Gasteiger partial charge in [0.1, 0.15) is 6.54 Å². The summed E-state index contributed by atoms with van der Waals surface area (Å²) in [5.41, 5.74) is 0.872. The first-order valence-electron chi connectivity index (χ1n) is 8.05. The van der Waals surface area contributed by atoms with E-state index in [1.165, 1.54) is 11.1 Å². The molecular formula is C19H17ClN4O2. The maximum absolute atomic E-state index is 13.4. The first-order valence-corrected chi connectivity index (χ1v) is 8.43. The third-order valence-electron chi connectivity index (χ3n) is 4.49. The molecule has 0 aliphatic carbocycles. The van der Waals surface area contributed by atoms with E-state index in [-0.39, 0.29) is 19.0 Å². The van der Waals surface area contributed by atoms with Gasteiger partial charge in [0.05, 0.1) is 23.4 Å². The maximum atomic E-state index is 13.4. The normalized spacial score (nSPS) is 20.2. The lowest BCUT2D eigenvalue weighted by atomic mass is 9.79. The van der Waals surface area contributed by atoms with Crippen LogP contribution in [-0.2, 0) is 10.2 Å². The fourth-order valence-electron chi connectivity index (χ4n) is 3.14. The number of aryl methyl sites for hydroxylation is 1. The van der Waals surface area contributed by atoms with Gasteiger partial charge in [-0.15, -0.1) is 0 Å². The Kier molecular flexibility index (Phi) is 4.66. The first kappa shape index (κ1) is 17.9. The van der Waals surface area contributed by atoms with Crippen molar-refractivity contribution in [3.63, 3.8) is 0 Å². The highest BCUT2D eigenvalue weighted by molar-refractivity contribution is 6.30. The second-order valence-electron chi connectivity index (χ2n) is 6.50. The molecule has 132 valence electrons. The van der Waals surface area contributed by atoms with Crippen LogP contribution in [0.1, 0.15) is 18.1 Å². The molecule has 26 heavy (non-hydrogen) atoms. The average Bonchev–Trinajstić information content (AvgIpc) is 2.60. The van der Waals surface area contributed by atoms with Gasteiger partial charge in [-0.2, -0.15) is 5.26 Å². The number of carbonyl (C=O) groups excluding carboxylic acids is 2. The van der Waals surface area contributed by atoms with Crippen LogP contribution in [0.15, 0.2) is 42.7 Å². The molecule has 1 aromatic carbocycles. The van der Waals surface area contributed by atoms with Crippen LogP contribution in [0.25, 0.3) is 0 Å². The summed E-state index contributed by atoms with van der Waals surface area (Å²) in [4.78, 5) is 32.8. The zero-order valence-corrected chi connectivity index (χ0v) is 15.2. The van der Waals surface area contributed by atoms with Crippen molar-refractivity contribution in [3.8, 4) is 6.07 Å². The summed E-state index contributed by atoms with van der Waals surface area (Å²) in [6.45, 7) is 3.58. The van der Waals surface area contributed by atoms with Gasteiger partial charge < -0.3 is 4.90 Å². The molecule has 0 bridgehead atoms. The van der Waals surface area contributed by atoms with Crippen LogP contribution in [0.4, 0.5) is 10.5 Å². The number of carbonyl (C=O) groups is 2. The van der Waals surface area contributed by atoms with Crippen LogP contribution in [0.5, 0.6) is 0 Å². The number of pyridine rings is 1. The highest BCUT2D eigenvalue weighted by Crippen LogP contribution is 2.35. The molecule has 0 saturated carbocycles. The van der Waals surface area contributed by atoms with Crippen molar-refractivity contribution >= 4 is 29.2 Å². The Morgan fingerprint density at radius 1 is 1.31 bits per heavy atom. The van der Waals surface area contributed by atoms with E-state index in [1.807, 2.05) is 13.0 Å². The number of halogens is 1. The Balaban J connectivity index is 2.13. The lowest BCUT2D eigenvalue weighted by Crippen LogP contribution is -2.63. The van der Waals surface area contributed by atoms with Gasteiger partial charge in [-0.1, -0.05) is 23.7 Å². The van der Waals surface area contributed by atoms with Gasteiger partial charge in [0.15, 0.2) is 0 Å². The molecule has 2 aromatic rings. The molecule has 1 aliphatic rings. The highest BCUT2D eigenvalue weighted by atomic mass is 35.5. The fraction of sp³-hybridized carbons (Fsp3) is 0.263. The second kappa shape index (κ2) is 6.77. The minimum Gasteiger partial charge on any atom is -0.309 e. The quantitative estimate of drug-likeness (QED) is 0.779. The number of benzene rings is 1. The Morgan fingerprint density at radius 3 is 2.73 bits per heavy atom. The van der Waals surface area contributed by atoms with Crippen molar-refractivity contribution < 1.29 is 9.59 Å². The van der Waals surface area contributed by atoms with Crippen molar-refractivity contribution in [2.45, 2.75) is 19.3 Å². The minimum atomic E-state index is -1.03. The van der Waals surface area contributed by atoms with Crippen molar-refractivity contribution in [1.82, 2.24) is 9.88 Å². The van der Waals surface area contributed by atoms with E-state index in [9.17, 15) is 9.59 Å². The van der Waals surface area contributed by atoms with Crippen molar-refractivity contribution in [2.24, 2.45) is 0 Å². The molecule has 6 nitrogen and oxygen atoms in total. The van der Waals surface area contributed by atoms with E-state index in [0.29, 0.717) is 16.3 Å². The molecule has 2 heterocycles. The Morgan fingerprint density at radius 2 is 2.08 bits per heavy atom. The van der Waals surface area contributed by atoms with Gasteiger partial charge in [0.2, 0.25) is 5.91 Å². The largest absolute Gasteiger partial charge is 0.332 e. The first-order chi connectivity index (χ1) is 12.4. The molecule has 7 heteroatoms. The summed E-state index contributed by atoms with van der Waals surface area (Å²) in [5, 5.41) is 9.61. The van der Waals surface area contributed by atoms with E-state index < -0.39 is 11.4 Å². The number of amides is 3. The molecule has 1 fully saturated rings. The number of rotatable bonds is 3. The minimum absolute atomic E-state index is 0.105. The van der Waals surface area contributed by atoms with E-state index in [0.717, 1.165) is 10.5 Å². The summed E-state index contributed by atoms with van der Waals surface area (Å²) in [7, 11) is 0. The number of hydrogen-bond donors (Lipinski definition) is 0. The molecule has 0 radical (unpaired) electrons. The lowest BCUT2D eigenvalue weighted by Gasteiger charge is -2.43. The van der Waals surface area contributed by atoms with E-state index >= 15 is 0 Å². The number of imide groups is 1. The van der Waals surface area contributed by atoms with Crippen LogP contribution in [0.2, 0.25) is 5.02 Å². The van der Waals surface area contributed by atoms with Crippen molar-refractivity contribution in [1.29, 1.82) is 5.26 Å². The van der Waals surface area contributed by atoms with Crippen molar-refractivity contribution in [2.75, 3.05) is 18.0 Å². The van der Waals surface area contributed by atoms with Gasteiger partial charge in [-0.05, 0) is 43.2 Å². The second-order valence-corrected chi connectivity index (χ2v) is 6.94. The van der Waals surface area contributed by atoms with Crippen LogP contribution >= 0.6 is 11.6 Å². The van der Waals surface area contributed by atoms with Crippen LogP contribution in [0, 0.1) is 18.3 Å². The monoisotopic (exact) mass is 368 g/mol. The predicted octanol–water partition coefficient (Wildman–Crippen LogP) is 3.29. The third-order valence-corrected chi connectivity index (χ3v) is 4.72. The zero-order chi connectivity index (χ0) is 18.9. The number of urea groups is 1. The van der Waals surface area contributed by atoms with Crippen LogP contribution < -0.4 is 4.90 Å². The molecule has 1 unspecified atom stereocenters. The summed E-state index contributed by atoms with van der Waals surface area (Å²) in [5.74, 6) is -0.369. The maximum Gasteiger partial charge on any atom is 0.332 e. The number of nitriles is 1. The summed E-state index contributed by atoms with van der Waals surface area (Å²) in [6.07, 6.45) is 3.11. The molecule has 1 aliphatic heterocycles. The topological polar surface area (TPSA) is 77.3 Å². The standard InChI is InChI=1S/C19H17ClN4O2/c1-13-8-16(11-22-10-13)24-17(25)19(2,12-23(7-6-21)18(24)26)14-4-3-5-15(20)9-14/h3-5,8-11H,7,12H2,1-2H3. The van der Waals surface area contributed by atoms with E-state index in [2.05, 4.69) is 4.98 Å². The predicted molar refractivity (Wildman–Crippen MR) is 97.8 cm³/mol. The van der Waals surface area contributed by atoms with Gasteiger partial charge in [-0.25, -0.2) is 9.69 Å². The summed E-state index contributed by atoms with van der Waals surface area (Å²) >= 11 is 6.11. The number of aromatic nitrogens is 1. The Bertz CT molecular complexity index is 924. The number of hydrogen-bond acceptors (Lipinski definition) is 4. The molecule has 3 rings (SSSR count). The SMILES string of the molecule is Cc1cncc(N2C(=O)N(CC#N)CC(C)(c3cccc(Cl)c3)C2=O)c1. The smallest absolute Gasteiger partial charge is 0.309 e. The summed E-state index contributed by atoms with van der Waals surface area (Å²) in [6, 6.07) is 10.2. The molecule has 1 aromatic heterocycles. The van der Waals surface area contributed by atoms with Crippen LogP contribution in [0.3, 0.4) is 0 Å². The zero-order valence-electron chi connectivity index (χ0n) is 14.4. The van der Waals surface area contributed by atoms with Crippen LogP contribution in [-0.4, -0.2) is 34.9 Å². The molecule has 1 atom stereocenters. The molecule has 1 saturated heterocycles. The lowest BCUT2D eigenvalue weighted by molar-refractivity contribution is -0.124. The molecule has 0 N–H and O–H groups in total. The fourth-order valence-corrected chi connectivity index (χ4v) is 3.33. The van der Waals surface area contributed by atoms with Gasteiger partial charge in [-0.3, -0.25) is 9.78 Å². The molecule has 0 spiro atoms. The van der Waals surface area contributed by atoms with Gasteiger partial charge >= 0.3 is 6.03 Å². The Hall–Kier alpha value is -2.91. The number of anilines is 1. The summed E-state index contributed by atoms with van der Waals surface area (Å²) < 4.78 is 0. The van der Waals surface area contributed by atoms with Crippen molar-refractivity contribution in [3.05, 3.63) is 58.9 Å². The highest BCUT2D eigenvalue weighted by Gasteiger charge is 2.49.